The van der Waals surface area contributed by atoms with Gasteiger partial charge in [0.2, 0.25) is 0 Å². The molecule has 0 unspecified atom stereocenters. The van der Waals surface area contributed by atoms with Crippen molar-refractivity contribution < 1.29 is 4.42 Å². The first-order chi connectivity index (χ1) is 13.3. The third-order valence-electron chi connectivity index (χ3n) is 4.93. The zero-order chi connectivity index (χ0) is 18.4. The van der Waals surface area contributed by atoms with Crippen LogP contribution in [0.4, 0.5) is 5.82 Å². The van der Waals surface area contributed by atoms with Gasteiger partial charge in [0.25, 0.3) is 0 Å². The van der Waals surface area contributed by atoms with Crippen molar-refractivity contribution in [1.82, 2.24) is 19.5 Å². The molecule has 134 valence electrons. The van der Waals surface area contributed by atoms with E-state index in [2.05, 4.69) is 32.4 Å². The van der Waals surface area contributed by atoms with Gasteiger partial charge in [0.1, 0.15) is 23.3 Å². The number of para-hydroxylation sites is 3. The minimum atomic E-state index is 0.631. The molecule has 2 aromatic carbocycles. The molecule has 6 heteroatoms. The van der Waals surface area contributed by atoms with E-state index < -0.39 is 0 Å². The fourth-order valence-electron chi connectivity index (χ4n) is 3.67. The SMILES string of the molecule is CCn1c(CN(C)c2ncnc3c2oc2ccccc23)nc2ccccc21. The molecule has 0 saturated heterocycles. The van der Waals surface area contributed by atoms with Crippen molar-refractivity contribution in [1.29, 1.82) is 0 Å². The van der Waals surface area contributed by atoms with E-state index in [1.807, 2.05) is 49.5 Å². The van der Waals surface area contributed by atoms with E-state index in [4.69, 9.17) is 9.40 Å². The van der Waals surface area contributed by atoms with E-state index >= 15 is 0 Å². The van der Waals surface area contributed by atoms with Gasteiger partial charge in [-0.1, -0.05) is 24.3 Å². The average Bonchev–Trinajstić information content (AvgIpc) is 3.25. The van der Waals surface area contributed by atoms with Crippen LogP contribution in [0.15, 0.2) is 59.3 Å². The molecule has 5 rings (SSSR count). The molecule has 0 aliphatic rings. The van der Waals surface area contributed by atoms with Gasteiger partial charge in [0.05, 0.1) is 17.6 Å². The molecule has 0 N–H and O–H groups in total. The molecule has 0 amide bonds. The van der Waals surface area contributed by atoms with Crippen LogP contribution in [0.5, 0.6) is 0 Å². The van der Waals surface area contributed by atoms with Gasteiger partial charge in [-0.05, 0) is 31.2 Å². The number of aromatic nitrogens is 4. The van der Waals surface area contributed by atoms with Gasteiger partial charge in [-0.25, -0.2) is 15.0 Å². The van der Waals surface area contributed by atoms with Gasteiger partial charge in [-0.2, -0.15) is 0 Å². The van der Waals surface area contributed by atoms with Crippen molar-refractivity contribution >= 4 is 38.9 Å². The molecule has 0 atom stereocenters. The Balaban J connectivity index is 1.60. The Bertz CT molecular complexity index is 1270. The van der Waals surface area contributed by atoms with Gasteiger partial charge in [0.15, 0.2) is 11.4 Å². The van der Waals surface area contributed by atoms with Gasteiger partial charge in [0, 0.05) is 19.0 Å². The summed E-state index contributed by atoms with van der Waals surface area (Å²) in [7, 11) is 2.01. The number of hydrogen-bond acceptors (Lipinski definition) is 5. The monoisotopic (exact) mass is 357 g/mol. The van der Waals surface area contributed by atoms with E-state index in [1.165, 1.54) is 0 Å². The van der Waals surface area contributed by atoms with Crippen molar-refractivity contribution in [2.45, 2.75) is 20.0 Å². The first-order valence-corrected chi connectivity index (χ1v) is 9.03. The third kappa shape index (κ3) is 2.44. The van der Waals surface area contributed by atoms with Crippen LogP contribution in [0.3, 0.4) is 0 Å². The Morgan fingerprint density at radius 2 is 1.85 bits per heavy atom. The van der Waals surface area contributed by atoms with Crippen LogP contribution in [0.2, 0.25) is 0 Å². The van der Waals surface area contributed by atoms with Gasteiger partial charge in [-0.15, -0.1) is 0 Å². The van der Waals surface area contributed by atoms with Gasteiger partial charge in [-0.3, -0.25) is 0 Å². The lowest BCUT2D eigenvalue weighted by atomic mass is 10.2. The molecule has 0 fully saturated rings. The minimum Gasteiger partial charge on any atom is -0.450 e. The summed E-state index contributed by atoms with van der Waals surface area (Å²) in [4.78, 5) is 15.8. The van der Waals surface area contributed by atoms with Crippen molar-refractivity contribution in [2.75, 3.05) is 11.9 Å². The Kier molecular flexibility index (Phi) is 3.57. The van der Waals surface area contributed by atoms with Crippen LogP contribution in [-0.4, -0.2) is 26.6 Å². The summed E-state index contributed by atoms with van der Waals surface area (Å²) in [5, 5.41) is 1.00. The zero-order valence-corrected chi connectivity index (χ0v) is 15.3. The first kappa shape index (κ1) is 15.8. The molecule has 0 spiro atoms. The van der Waals surface area contributed by atoms with Crippen LogP contribution in [-0.2, 0) is 13.1 Å². The lowest BCUT2D eigenvalue weighted by molar-refractivity contribution is 0.657. The lowest BCUT2D eigenvalue weighted by Gasteiger charge is -2.18. The first-order valence-electron chi connectivity index (χ1n) is 9.03. The smallest absolute Gasteiger partial charge is 0.196 e. The highest BCUT2D eigenvalue weighted by Crippen LogP contribution is 2.32. The molecule has 0 bridgehead atoms. The summed E-state index contributed by atoms with van der Waals surface area (Å²) in [5.74, 6) is 1.77. The van der Waals surface area contributed by atoms with E-state index in [0.29, 0.717) is 12.1 Å². The number of rotatable bonds is 4. The van der Waals surface area contributed by atoms with Crippen LogP contribution < -0.4 is 4.90 Å². The summed E-state index contributed by atoms with van der Waals surface area (Å²) in [6.07, 6.45) is 1.60. The van der Waals surface area contributed by atoms with E-state index in [9.17, 15) is 0 Å². The molecule has 5 aromatic rings. The van der Waals surface area contributed by atoms with Gasteiger partial charge < -0.3 is 13.9 Å². The maximum Gasteiger partial charge on any atom is 0.196 e. The van der Waals surface area contributed by atoms with Gasteiger partial charge >= 0.3 is 0 Å². The minimum absolute atomic E-state index is 0.631. The molecule has 6 nitrogen and oxygen atoms in total. The van der Waals surface area contributed by atoms with Crippen molar-refractivity contribution in [3.05, 3.63) is 60.7 Å². The van der Waals surface area contributed by atoms with Crippen LogP contribution in [0.25, 0.3) is 33.1 Å². The van der Waals surface area contributed by atoms with E-state index in [1.54, 1.807) is 6.33 Å². The average molecular weight is 357 g/mol. The summed E-state index contributed by atoms with van der Waals surface area (Å²) in [5.41, 5.74) is 4.54. The summed E-state index contributed by atoms with van der Waals surface area (Å²) in [6.45, 7) is 3.64. The highest BCUT2D eigenvalue weighted by Gasteiger charge is 2.18. The third-order valence-corrected chi connectivity index (χ3v) is 4.93. The fraction of sp³-hybridized carbons (Fsp3) is 0.190. The standard InChI is InChI=1S/C21H19N5O/c1-3-26-16-10-6-5-9-15(16)24-18(26)12-25(2)21-20-19(22-13-23-21)14-8-4-7-11-17(14)27-20/h4-11,13H,3,12H2,1-2H3. The molecule has 27 heavy (non-hydrogen) atoms. The highest BCUT2D eigenvalue weighted by molar-refractivity contribution is 6.05. The molecular formula is C21H19N5O. The van der Waals surface area contributed by atoms with Crippen LogP contribution in [0, 0.1) is 0 Å². The predicted molar refractivity (Wildman–Crippen MR) is 107 cm³/mol. The molecular weight excluding hydrogens is 338 g/mol. The summed E-state index contributed by atoms with van der Waals surface area (Å²) < 4.78 is 8.30. The molecule has 3 heterocycles. The predicted octanol–water partition coefficient (Wildman–Crippen LogP) is 4.38. The van der Waals surface area contributed by atoms with Crippen molar-refractivity contribution in [2.24, 2.45) is 0 Å². The lowest BCUT2D eigenvalue weighted by Crippen LogP contribution is -2.21. The number of hydrogen-bond donors (Lipinski definition) is 0. The van der Waals surface area contributed by atoms with Crippen molar-refractivity contribution in [3.63, 3.8) is 0 Å². The van der Waals surface area contributed by atoms with Crippen molar-refractivity contribution in [3.8, 4) is 0 Å². The summed E-state index contributed by atoms with van der Waals surface area (Å²) in [6, 6.07) is 16.2. The maximum absolute atomic E-state index is 6.06. The van der Waals surface area contributed by atoms with Crippen LogP contribution in [0.1, 0.15) is 12.7 Å². The van der Waals surface area contributed by atoms with E-state index in [-0.39, 0.29) is 0 Å². The Labute approximate surface area is 156 Å². The molecule has 0 saturated carbocycles. The van der Waals surface area contributed by atoms with E-state index in [0.717, 1.165) is 45.7 Å². The molecule has 0 aliphatic heterocycles. The number of imidazole rings is 1. The second kappa shape index (κ2) is 6.09. The Hall–Kier alpha value is -3.41. The summed E-state index contributed by atoms with van der Waals surface area (Å²) >= 11 is 0. The highest BCUT2D eigenvalue weighted by atomic mass is 16.3. The molecule has 3 aromatic heterocycles. The number of furan rings is 1. The Morgan fingerprint density at radius 3 is 2.74 bits per heavy atom. The quantitative estimate of drug-likeness (QED) is 0.478. The number of nitrogens with zero attached hydrogens (tertiary/aromatic N) is 5. The normalized spacial score (nSPS) is 11.6. The number of fused-ring (bicyclic) bond motifs is 4. The number of benzene rings is 2. The molecule has 0 radical (unpaired) electrons. The molecule has 0 aliphatic carbocycles. The number of anilines is 1. The maximum atomic E-state index is 6.06. The Morgan fingerprint density at radius 1 is 1.04 bits per heavy atom. The second-order valence-corrected chi connectivity index (χ2v) is 6.59. The topological polar surface area (TPSA) is 60.0 Å². The second-order valence-electron chi connectivity index (χ2n) is 6.59. The number of aryl methyl sites for hydroxylation is 1. The zero-order valence-electron chi connectivity index (χ0n) is 15.3. The largest absolute Gasteiger partial charge is 0.450 e. The fourth-order valence-corrected chi connectivity index (χ4v) is 3.67. The van der Waals surface area contributed by atoms with Crippen LogP contribution >= 0.6 is 0 Å².